The number of rotatable bonds is 2. The third-order valence-electron chi connectivity index (χ3n) is 1.46. The van der Waals surface area contributed by atoms with Crippen LogP contribution >= 0.6 is 12.6 Å². The van der Waals surface area contributed by atoms with Crippen LogP contribution in [0, 0.1) is 0 Å². The van der Waals surface area contributed by atoms with Crippen molar-refractivity contribution in [3.8, 4) is 0 Å². The summed E-state index contributed by atoms with van der Waals surface area (Å²) >= 11 is 3.98. The van der Waals surface area contributed by atoms with Gasteiger partial charge in [0.05, 0.1) is 0 Å². The molecule has 0 spiro atoms. The highest BCUT2D eigenvalue weighted by Gasteiger charge is 2.42. The zero-order chi connectivity index (χ0) is 7.72. The van der Waals surface area contributed by atoms with E-state index in [0.29, 0.717) is 6.54 Å². The molecule has 2 atom stereocenters. The molecule has 0 aliphatic carbocycles. The second kappa shape index (κ2) is 2.64. The van der Waals surface area contributed by atoms with Crippen molar-refractivity contribution in [3.05, 3.63) is 12.7 Å². The Hall–Kier alpha value is -0.480. The van der Waals surface area contributed by atoms with Crippen LogP contribution in [0.25, 0.3) is 0 Å². The van der Waals surface area contributed by atoms with Crippen molar-refractivity contribution in [2.45, 2.75) is 11.5 Å². The quantitative estimate of drug-likeness (QED) is 0.328. The first-order valence-electron chi connectivity index (χ1n) is 2.96. The van der Waals surface area contributed by atoms with Crippen molar-refractivity contribution in [2.24, 2.45) is 0 Å². The first-order chi connectivity index (χ1) is 4.68. The minimum Gasteiger partial charge on any atom is -0.380 e. The number of hydrogen-bond donors (Lipinski definition) is 2. The number of nitrogens with zero attached hydrogens (tertiary/aromatic N) is 1. The van der Waals surface area contributed by atoms with Gasteiger partial charge in [0.2, 0.25) is 0 Å². The predicted molar refractivity (Wildman–Crippen MR) is 40.7 cm³/mol. The summed E-state index contributed by atoms with van der Waals surface area (Å²) in [5, 5.41) is 8.54. The van der Waals surface area contributed by atoms with Gasteiger partial charge in [-0.2, -0.15) is 12.6 Å². The van der Waals surface area contributed by atoms with E-state index in [1.807, 2.05) is 0 Å². The largest absolute Gasteiger partial charge is 0.380 e. The molecule has 0 aromatic carbocycles. The Bertz CT molecular complexity index is 171. The van der Waals surface area contributed by atoms with Crippen LogP contribution in [0.3, 0.4) is 0 Å². The number of carbonyl (C=O) groups is 1. The minimum absolute atomic E-state index is 0.264. The van der Waals surface area contributed by atoms with Gasteiger partial charge >= 0.3 is 0 Å². The van der Waals surface area contributed by atoms with Crippen LogP contribution in [0.15, 0.2) is 12.7 Å². The van der Waals surface area contributed by atoms with E-state index in [1.165, 1.54) is 4.90 Å². The summed E-state index contributed by atoms with van der Waals surface area (Å²) in [5.41, 5.74) is 0. The van der Waals surface area contributed by atoms with E-state index in [9.17, 15) is 4.79 Å². The van der Waals surface area contributed by atoms with Crippen LogP contribution in [0.4, 0.5) is 0 Å². The van der Waals surface area contributed by atoms with E-state index in [1.54, 1.807) is 6.08 Å². The first-order valence-corrected chi connectivity index (χ1v) is 3.47. The highest BCUT2D eigenvalue weighted by atomic mass is 32.1. The van der Waals surface area contributed by atoms with E-state index in [0.717, 1.165) is 0 Å². The van der Waals surface area contributed by atoms with Gasteiger partial charge in [0.1, 0.15) is 5.37 Å². The van der Waals surface area contributed by atoms with Crippen LogP contribution < -0.4 is 0 Å². The lowest BCUT2D eigenvalue weighted by atomic mass is 10.1. The zero-order valence-corrected chi connectivity index (χ0v) is 6.29. The lowest BCUT2D eigenvalue weighted by Crippen LogP contribution is -2.61. The van der Waals surface area contributed by atoms with E-state index in [4.69, 9.17) is 5.11 Å². The van der Waals surface area contributed by atoms with Crippen molar-refractivity contribution < 1.29 is 9.90 Å². The maximum absolute atomic E-state index is 10.7. The van der Waals surface area contributed by atoms with Crippen molar-refractivity contribution >= 4 is 18.5 Å². The molecule has 1 amide bonds. The van der Waals surface area contributed by atoms with Gasteiger partial charge in [-0.3, -0.25) is 4.79 Å². The van der Waals surface area contributed by atoms with Crippen LogP contribution in [0.5, 0.6) is 0 Å². The molecule has 1 aliphatic heterocycles. The van der Waals surface area contributed by atoms with Gasteiger partial charge in [-0.05, 0) is 0 Å². The molecular formula is C6H9NO2S. The molecule has 1 heterocycles. The van der Waals surface area contributed by atoms with Crippen LogP contribution in [-0.4, -0.2) is 33.9 Å². The number of thiol groups is 1. The van der Waals surface area contributed by atoms with Gasteiger partial charge < -0.3 is 10.0 Å². The average molecular weight is 159 g/mol. The number of β-lactam (4-membered cyclic amide) rings is 1. The second-order valence-corrected chi connectivity index (χ2v) is 2.67. The van der Waals surface area contributed by atoms with E-state index >= 15 is 0 Å². The van der Waals surface area contributed by atoms with Crippen LogP contribution in [0.2, 0.25) is 0 Å². The van der Waals surface area contributed by atoms with Crippen molar-refractivity contribution in [1.82, 2.24) is 4.90 Å². The molecule has 0 unspecified atom stereocenters. The van der Waals surface area contributed by atoms with Gasteiger partial charge in [-0.1, -0.05) is 6.08 Å². The molecule has 0 aromatic heterocycles. The molecule has 1 fully saturated rings. The highest BCUT2D eigenvalue weighted by molar-refractivity contribution is 7.81. The fraction of sp³-hybridized carbons (Fsp3) is 0.500. The molecule has 56 valence electrons. The number of aliphatic hydroxyl groups excluding tert-OH is 1. The lowest BCUT2D eigenvalue weighted by molar-refractivity contribution is -0.157. The number of amides is 1. The molecule has 1 N–H and O–H groups in total. The minimum atomic E-state index is -0.914. The molecule has 4 heteroatoms. The predicted octanol–water partition coefficient (Wildman–Crippen LogP) is -0.369. The third kappa shape index (κ3) is 0.932. The van der Waals surface area contributed by atoms with E-state index in [-0.39, 0.29) is 11.3 Å². The zero-order valence-electron chi connectivity index (χ0n) is 5.40. The molecule has 1 rings (SSSR count). The summed E-state index contributed by atoms with van der Waals surface area (Å²) in [5.74, 6) is -0.264. The molecule has 0 radical (unpaired) electrons. The molecule has 0 aromatic rings. The Morgan fingerprint density at radius 2 is 2.50 bits per heavy atom. The third-order valence-corrected chi connectivity index (χ3v) is 2.02. The lowest BCUT2D eigenvalue weighted by Gasteiger charge is -2.40. The summed E-state index contributed by atoms with van der Waals surface area (Å²) in [6, 6.07) is 0. The Morgan fingerprint density at radius 3 is 2.90 bits per heavy atom. The normalized spacial score (nSPS) is 31.8. The monoisotopic (exact) mass is 159 g/mol. The highest BCUT2D eigenvalue weighted by Crippen LogP contribution is 2.22. The molecular weight excluding hydrogens is 150 g/mol. The topological polar surface area (TPSA) is 40.5 Å². The van der Waals surface area contributed by atoms with Gasteiger partial charge in [0.25, 0.3) is 5.91 Å². The van der Waals surface area contributed by atoms with Gasteiger partial charge in [0, 0.05) is 6.54 Å². The van der Waals surface area contributed by atoms with Gasteiger partial charge in [0.15, 0.2) is 6.10 Å². The summed E-state index contributed by atoms with van der Waals surface area (Å²) in [4.78, 5) is 12.2. The van der Waals surface area contributed by atoms with Crippen molar-refractivity contribution in [2.75, 3.05) is 6.54 Å². The maximum atomic E-state index is 10.7. The van der Waals surface area contributed by atoms with E-state index in [2.05, 4.69) is 19.2 Å². The maximum Gasteiger partial charge on any atom is 0.255 e. The van der Waals surface area contributed by atoms with Crippen molar-refractivity contribution in [3.63, 3.8) is 0 Å². The summed E-state index contributed by atoms with van der Waals surface area (Å²) in [7, 11) is 0. The smallest absolute Gasteiger partial charge is 0.255 e. The number of hydrogen-bond acceptors (Lipinski definition) is 3. The molecule has 0 bridgehead atoms. The number of likely N-dealkylation sites (tertiary alicyclic amines) is 1. The molecule has 3 nitrogen and oxygen atoms in total. The molecule has 0 saturated carbocycles. The first kappa shape index (κ1) is 7.63. The van der Waals surface area contributed by atoms with Crippen molar-refractivity contribution in [1.29, 1.82) is 0 Å². The van der Waals surface area contributed by atoms with E-state index < -0.39 is 6.10 Å². The summed E-state index contributed by atoms with van der Waals surface area (Å²) in [6.45, 7) is 3.93. The Morgan fingerprint density at radius 1 is 1.90 bits per heavy atom. The summed E-state index contributed by atoms with van der Waals surface area (Å²) < 4.78 is 0. The standard InChI is InChI=1S/C6H9NO2S/c1-2-3-7-5(9)4(8)6(7)10/h2,4,6,8,10H,1,3H2/t4-,6+/m0/s1. The second-order valence-electron chi connectivity index (χ2n) is 2.14. The van der Waals surface area contributed by atoms with Crippen LogP contribution in [-0.2, 0) is 4.79 Å². The molecule has 1 saturated heterocycles. The molecule has 10 heavy (non-hydrogen) atoms. The Labute approximate surface area is 64.7 Å². The fourth-order valence-electron chi connectivity index (χ4n) is 0.853. The van der Waals surface area contributed by atoms with Gasteiger partial charge in [-0.25, -0.2) is 0 Å². The number of aliphatic hydroxyl groups is 1. The Kier molecular flexibility index (Phi) is 2.01. The van der Waals surface area contributed by atoms with Gasteiger partial charge in [-0.15, -0.1) is 6.58 Å². The fourth-order valence-corrected chi connectivity index (χ4v) is 1.19. The summed E-state index contributed by atoms with van der Waals surface area (Å²) in [6.07, 6.45) is 0.691. The SMILES string of the molecule is C=CCN1C(=O)[C@H](O)[C@H]1S. The van der Waals surface area contributed by atoms with Crippen LogP contribution in [0.1, 0.15) is 0 Å². The average Bonchev–Trinajstić information content (AvgIpc) is 1.98. The molecule has 1 aliphatic rings. The number of carbonyl (C=O) groups excluding carboxylic acids is 1. The Balaban J connectivity index is 2.49.